The van der Waals surface area contributed by atoms with Gasteiger partial charge in [0.1, 0.15) is 6.04 Å². The third-order valence-electron chi connectivity index (χ3n) is 4.23. The number of hydrogen-bond donors (Lipinski definition) is 3. The Kier molecular flexibility index (Phi) is 5.80. The molecule has 1 heterocycles. The smallest absolute Gasteiger partial charge is 0.322 e. The van der Waals surface area contributed by atoms with E-state index >= 15 is 0 Å². The highest BCUT2D eigenvalue weighted by Gasteiger charge is 2.39. The predicted octanol–water partition coefficient (Wildman–Crippen LogP) is 3.01. The van der Waals surface area contributed by atoms with Crippen LogP contribution in [0.4, 0.5) is 16.2 Å². The van der Waals surface area contributed by atoms with E-state index in [4.69, 9.17) is 0 Å². The molecule has 0 saturated carbocycles. The van der Waals surface area contributed by atoms with Crippen molar-refractivity contribution in [3.05, 3.63) is 54.6 Å². The number of para-hydroxylation sites is 1. The van der Waals surface area contributed by atoms with Gasteiger partial charge in [-0.3, -0.25) is 4.79 Å². The summed E-state index contributed by atoms with van der Waals surface area (Å²) >= 11 is 1.62. The van der Waals surface area contributed by atoms with Crippen LogP contribution in [0, 0.1) is 0 Å². The Morgan fingerprint density at radius 1 is 1.04 bits per heavy atom. The van der Waals surface area contributed by atoms with Crippen molar-refractivity contribution in [1.82, 2.24) is 4.90 Å². The summed E-state index contributed by atoms with van der Waals surface area (Å²) in [5, 5.41) is 15.5. The molecule has 1 aliphatic heterocycles. The molecule has 26 heavy (non-hydrogen) atoms. The minimum absolute atomic E-state index is 0.127. The normalized spacial score (nSPS) is 19.2. The van der Waals surface area contributed by atoms with Crippen molar-refractivity contribution in [2.45, 2.75) is 23.5 Å². The van der Waals surface area contributed by atoms with Crippen LogP contribution in [-0.2, 0) is 4.79 Å². The van der Waals surface area contributed by atoms with E-state index in [-0.39, 0.29) is 18.9 Å². The maximum Gasteiger partial charge on any atom is 0.322 e. The maximum absolute atomic E-state index is 12.6. The van der Waals surface area contributed by atoms with Gasteiger partial charge in [-0.25, -0.2) is 4.79 Å². The van der Waals surface area contributed by atoms with Gasteiger partial charge < -0.3 is 20.6 Å². The Morgan fingerprint density at radius 2 is 1.69 bits per heavy atom. The number of nitrogens with one attached hydrogen (secondary N) is 2. The summed E-state index contributed by atoms with van der Waals surface area (Å²) in [7, 11) is 0. The summed E-state index contributed by atoms with van der Waals surface area (Å²) in [4.78, 5) is 27.6. The SMILES string of the molecule is CSc1ccc(NC(=O)[C@@H]2C[C@H](O)CN2C(=O)Nc2ccccc2)cc1. The van der Waals surface area contributed by atoms with Gasteiger partial charge in [0.15, 0.2) is 0 Å². The molecule has 2 aromatic rings. The topological polar surface area (TPSA) is 81.7 Å². The minimum atomic E-state index is -0.717. The third-order valence-corrected chi connectivity index (χ3v) is 4.97. The predicted molar refractivity (Wildman–Crippen MR) is 103 cm³/mol. The van der Waals surface area contributed by atoms with Crippen molar-refractivity contribution in [2.75, 3.05) is 23.4 Å². The lowest BCUT2D eigenvalue weighted by molar-refractivity contribution is -0.119. The molecule has 0 aliphatic carbocycles. The Labute approximate surface area is 156 Å². The first-order valence-corrected chi connectivity index (χ1v) is 9.55. The van der Waals surface area contributed by atoms with E-state index in [1.54, 1.807) is 23.9 Å². The number of aliphatic hydroxyl groups excluding tert-OH is 1. The standard InChI is InChI=1S/C19H21N3O3S/c1-26-16-9-7-14(8-10-16)20-18(24)17-11-15(23)12-22(17)19(25)21-13-5-3-2-4-6-13/h2-10,15,17,23H,11-12H2,1H3,(H,20,24)(H,21,25)/t15-,17-/m0/s1. The van der Waals surface area contributed by atoms with Crippen LogP contribution in [0.3, 0.4) is 0 Å². The van der Waals surface area contributed by atoms with Crippen molar-refractivity contribution in [2.24, 2.45) is 0 Å². The first kappa shape index (κ1) is 18.3. The van der Waals surface area contributed by atoms with Gasteiger partial charge in [0.2, 0.25) is 5.91 Å². The molecule has 3 rings (SSSR count). The second kappa shape index (κ2) is 8.25. The van der Waals surface area contributed by atoms with Crippen LogP contribution in [0.1, 0.15) is 6.42 Å². The van der Waals surface area contributed by atoms with Crippen LogP contribution in [0.25, 0.3) is 0 Å². The highest BCUT2D eigenvalue weighted by molar-refractivity contribution is 7.98. The zero-order valence-electron chi connectivity index (χ0n) is 14.4. The number of thioether (sulfide) groups is 1. The summed E-state index contributed by atoms with van der Waals surface area (Å²) in [6, 6.07) is 15.4. The van der Waals surface area contributed by atoms with Crippen LogP contribution in [-0.4, -0.2) is 46.9 Å². The number of anilines is 2. The molecule has 0 radical (unpaired) electrons. The molecule has 0 aromatic heterocycles. The second-order valence-electron chi connectivity index (χ2n) is 6.07. The third kappa shape index (κ3) is 4.36. The number of urea groups is 1. The lowest BCUT2D eigenvalue weighted by Crippen LogP contribution is -2.45. The number of β-amino-alcohol motifs (C(OH)–C–C–N with tert-alkyl or cyclic N) is 1. The van der Waals surface area contributed by atoms with Gasteiger partial charge in [-0.1, -0.05) is 18.2 Å². The molecule has 1 saturated heterocycles. The highest BCUT2D eigenvalue weighted by Crippen LogP contribution is 2.22. The zero-order valence-corrected chi connectivity index (χ0v) is 15.2. The maximum atomic E-state index is 12.6. The number of benzene rings is 2. The van der Waals surface area contributed by atoms with Crippen molar-refractivity contribution < 1.29 is 14.7 Å². The summed E-state index contributed by atoms with van der Waals surface area (Å²) in [6.45, 7) is 0.127. The molecule has 2 atom stereocenters. The fourth-order valence-electron chi connectivity index (χ4n) is 2.90. The van der Waals surface area contributed by atoms with E-state index in [0.29, 0.717) is 11.4 Å². The number of rotatable bonds is 4. The Bertz CT molecular complexity index is 767. The second-order valence-corrected chi connectivity index (χ2v) is 6.95. The van der Waals surface area contributed by atoms with Crippen LogP contribution in [0.5, 0.6) is 0 Å². The first-order chi connectivity index (χ1) is 12.6. The summed E-state index contributed by atoms with van der Waals surface area (Å²) in [5.41, 5.74) is 1.31. The minimum Gasteiger partial charge on any atom is -0.391 e. The lowest BCUT2D eigenvalue weighted by Gasteiger charge is -2.24. The number of aliphatic hydroxyl groups is 1. The van der Waals surface area contributed by atoms with Crippen molar-refractivity contribution in [1.29, 1.82) is 0 Å². The van der Waals surface area contributed by atoms with Gasteiger partial charge in [-0.15, -0.1) is 11.8 Å². The van der Waals surface area contributed by atoms with Gasteiger partial charge >= 0.3 is 6.03 Å². The van der Waals surface area contributed by atoms with Crippen LogP contribution < -0.4 is 10.6 Å². The number of nitrogens with zero attached hydrogens (tertiary/aromatic N) is 1. The van der Waals surface area contributed by atoms with Crippen molar-refractivity contribution in [3.8, 4) is 0 Å². The molecule has 0 spiro atoms. The Balaban J connectivity index is 1.67. The monoisotopic (exact) mass is 371 g/mol. The quantitative estimate of drug-likeness (QED) is 0.722. The summed E-state index contributed by atoms with van der Waals surface area (Å²) in [5.74, 6) is -0.304. The fourth-order valence-corrected chi connectivity index (χ4v) is 3.31. The van der Waals surface area contributed by atoms with E-state index in [1.807, 2.05) is 48.7 Å². The molecule has 2 aromatic carbocycles. The molecular formula is C19H21N3O3S. The summed E-state index contributed by atoms with van der Waals surface area (Å²) < 4.78 is 0. The molecule has 0 bridgehead atoms. The fraction of sp³-hybridized carbons (Fsp3) is 0.263. The van der Waals surface area contributed by atoms with E-state index in [9.17, 15) is 14.7 Å². The Morgan fingerprint density at radius 3 is 2.35 bits per heavy atom. The van der Waals surface area contributed by atoms with E-state index in [2.05, 4.69) is 10.6 Å². The van der Waals surface area contributed by atoms with E-state index < -0.39 is 18.2 Å². The van der Waals surface area contributed by atoms with Crippen LogP contribution >= 0.6 is 11.8 Å². The van der Waals surface area contributed by atoms with Crippen LogP contribution in [0.15, 0.2) is 59.5 Å². The van der Waals surface area contributed by atoms with Crippen molar-refractivity contribution in [3.63, 3.8) is 0 Å². The van der Waals surface area contributed by atoms with Gasteiger partial charge in [-0.05, 0) is 42.7 Å². The van der Waals surface area contributed by atoms with Gasteiger partial charge in [-0.2, -0.15) is 0 Å². The first-order valence-electron chi connectivity index (χ1n) is 8.32. The largest absolute Gasteiger partial charge is 0.391 e. The highest BCUT2D eigenvalue weighted by atomic mass is 32.2. The van der Waals surface area contributed by atoms with E-state index in [0.717, 1.165) is 4.90 Å². The number of carbonyl (C=O) groups excluding carboxylic acids is 2. The molecular weight excluding hydrogens is 350 g/mol. The Hall–Kier alpha value is -2.51. The zero-order chi connectivity index (χ0) is 18.5. The number of likely N-dealkylation sites (tertiary alicyclic amines) is 1. The molecule has 6 nitrogen and oxygen atoms in total. The van der Waals surface area contributed by atoms with Gasteiger partial charge in [0.05, 0.1) is 6.10 Å². The molecule has 3 amide bonds. The van der Waals surface area contributed by atoms with Gasteiger partial charge in [0.25, 0.3) is 0 Å². The van der Waals surface area contributed by atoms with Crippen LogP contribution in [0.2, 0.25) is 0 Å². The molecule has 1 aliphatic rings. The number of carbonyl (C=O) groups is 2. The molecule has 7 heteroatoms. The lowest BCUT2D eigenvalue weighted by atomic mass is 10.2. The van der Waals surface area contributed by atoms with Gasteiger partial charge in [0, 0.05) is 29.2 Å². The molecule has 0 unspecified atom stereocenters. The molecule has 3 N–H and O–H groups in total. The number of hydrogen-bond acceptors (Lipinski definition) is 4. The van der Waals surface area contributed by atoms with E-state index in [1.165, 1.54) is 4.90 Å². The molecule has 1 fully saturated rings. The van der Waals surface area contributed by atoms with Crippen molar-refractivity contribution >= 4 is 35.1 Å². The summed E-state index contributed by atoms with van der Waals surface area (Å²) in [6.07, 6.45) is 1.49. The average molecular weight is 371 g/mol. The molecule has 136 valence electrons. The average Bonchev–Trinajstić information content (AvgIpc) is 3.05. The number of amides is 3.